The van der Waals surface area contributed by atoms with E-state index in [1.165, 1.54) is 32.5 Å². The van der Waals surface area contributed by atoms with Crippen molar-refractivity contribution in [2.24, 2.45) is 5.92 Å². The number of hydrogen-bond acceptors (Lipinski definition) is 3. The summed E-state index contributed by atoms with van der Waals surface area (Å²) in [7, 11) is 0. The fourth-order valence-electron chi connectivity index (χ4n) is 2.34. The van der Waals surface area contributed by atoms with E-state index < -0.39 is 0 Å². The van der Waals surface area contributed by atoms with Crippen LogP contribution in [0.1, 0.15) is 33.1 Å². The first-order chi connectivity index (χ1) is 7.27. The molecular weight excluding hydrogens is 188 g/mol. The van der Waals surface area contributed by atoms with Crippen molar-refractivity contribution in [2.45, 2.75) is 39.2 Å². The van der Waals surface area contributed by atoms with E-state index in [2.05, 4.69) is 24.1 Å². The molecule has 1 rings (SSSR count). The SMILES string of the molecule is CCN1CCC(C(C)NCCCO)CC1. The van der Waals surface area contributed by atoms with Crippen molar-refractivity contribution in [1.29, 1.82) is 0 Å². The Balaban J connectivity index is 2.15. The highest BCUT2D eigenvalue weighted by Crippen LogP contribution is 2.20. The third-order valence-corrected chi connectivity index (χ3v) is 3.59. The molecule has 0 bridgehead atoms. The van der Waals surface area contributed by atoms with Crippen LogP contribution in [0.4, 0.5) is 0 Å². The lowest BCUT2D eigenvalue weighted by Gasteiger charge is -2.34. The first-order valence-electron chi connectivity index (χ1n) is 6.34. The quantitative estimate of drug-likeness (QED) is 0.650. The largest absolute Gasteiger partial charge is 0.396 e. The van der Waals surface area contributed by atoms with Crippen LogP contribution in [0, 0.1) is 5.92 Å². The Morgan fingerprint density at radius 1 is 1.40 bits per heavy atom. The van der Waals surface area contributed by atoms with Gasteiger partial charge in [0.1, 0.15) is 0 Å². The van der Waals surface area contributed by atoms with Crippen molar-refractivity contribution >= 4 is 0 Å². The maximum absolute atomic E-state index is 8.71. The Labute approximate surface area is 93.9 Å². The molecule has 2 N–H and O–H groups in total. The third kappa shape index (κ3) is 4.49. The van der Waals surface area contributed by atoms with Crippen LogP contribution >= 0.6 is 0 Å². The number of aliphatic hydroxyl groups excluding tert-OH is 1. The van der Waals surface area contributed by atoms with Crippen LogP contribution < -0.4 is 5.32 Å². The molecule has 1 heterocycles. The van der Waals surface area contributed by atoms with Gasteiger partial charge in [0.15, 0.2) is 0 Å². The monoisotopic (exact) mass is 214 g/mol. The van der Waals surface area contributed by atoms with Crippen molar-refractivity contribution in [3.63, 3.8) is 0 Å². The van der Waals surface area contributed by atoms with E-state index in [9.17, 15) is 0 Å². The summed E-state index contributed by atoms with van der Waals surface area (Å²) in [4.78, 5) is 2.52. The fraction of sp³-hybridized carbons (Fsp3) is 1.00. The third-order valence-electron chi connectivity index (χ3n) is 3.59. The highest BCUT2D eigenvalue weighted by Gasteiger charge is 2.22. The minimum absolute atomic E-state index is 0.300. The summed E-state index contributed by atoms with van der Waals surface area (Å²) in [5, 5.41) is 12.2. The second-order valence-corrected chi connectivity index (χ2v) is 4.59. The molecule has 1 aliphatic heterocycles. The summed E-state index contributed by atoms with van der Waals surface area (Å²) in [5.41, 5.74) is 0. The predicted molar refractivity (Wildman–Crippen MR) is 64.0 cm³/mol. The number of nitrogens with zero attached hydrogens (tertiary/aromatic N) is 1. The molecule has 1 saturated heterocycles. The molecule has 1 atom stereocenters. The maximum atomic E-state index is 8.71. The highest BCUT2D eigenvalue weighted by molar-refractivity contribution is 4.78. The Hall–Kier alpha value is -0.120. The van der Waals surface area contributed by atoms with Gasteiger partial charge in [-0.1, -0.05) is 6.92 Å². The average molecular weight is 214 g/mol. The minimum atomic E-state index is 0.300. The van der Waals surface area contributed by atoms with Crippen molar-refractivity contribution in [2.75, 3.05) is 32.8 Å². The van der Waals surface area contributed by atoms with Gasteiger partial charge in [0.25, 0.3) is 0 Å². The van der Waals surface area contributed by atoms with Crippen LogP contribution in [-0.4, -0.2) is 48.8 Å². The average Bonchev–Trinajstić information content (AvgIpc) is 2.29. The van der Waals surface area contributed by atoms with Crippen molar-refractivity contribution in [3.8, 4) is 0 Å². The van der Waals surface area contributed by atoms with Gasteiger partial charge in [-0.25, -0.2) is 0 Å². The summed E-state index contributed by atoms with van der Waals surface area (Å²) in [6, 6.07) is 0.607. The minimum Gasteiger partial charge on any atom is -0.396 e. The lowest BCUT2D eigenvalue weighted by atomic mass is 9.90. The first-order valence-corrected chi connectivity index (χ1v) is 6.34. The number of piperidine rings is 1. The second kappa shape index (κ2) is 7.20. The van der Waals surface area contributed by atoms with E-state index >= 15 is 0 Å². The van der Waals surface area contributed by atoms with Crippen molar-refractivity contribution in [3.05, 3.63) is 0 Å². The van der Waals surface area contributed by atoms with Crippen LogP contribution in [0.15, 0.2) is 0 Å². The van der Waals surface area contributed by atoms with Crippen LogP contribution in [0.2, 0.25) is 0 Å². The van der Waals surface area contributed by atoms with Crippen molar-refractivity contribution < 1.29 is 5.11 Å². The van der Waals surface area contributed by atoms with Crippen LogP contribution in [0.25, 0.3) is 0 Å². The zero-order valence-electron chi connectivity index (χ0n) is 10.2. The number of nitrogens with one attached hydrogen (secondary N) is 1. The molecule has 1 fully saturated rings. The van der Waals surface area contributed by atoms with Crippen LogP contribution in [-0.2, 0) is 0 Å². The maximum Gasteiger partial charge on any atom is 0.0443 e. The lowest BCUT2D eigenvalue weighted by Crippen LogP contribution is -2.42. The lowest BCUT2D eigenvalue weighted by molar-refractivity contribution is 0.167. The number of rotatable bonds is 6. The summed E-state index contributed by atoms with van der Waals surface area (Å²) < 4.78 is 0. The standard InChI is InChI=1S/C12H26N2O/c1-3-14-8-5-12(6-9-14)11(2)13-7-4-10-15/h11-13,15H,3-10H2,1-2H3. The van der Waals surface area contributed by atoms with Gasteiger partial charge in [0.05, 0.1) is 0 Å². The van der Waals surface area contributed by atoms with Gasteiger partial charge in [-0.15, -0.1) is 0 Å². The van der Waals surface area contributed by atoms with E-state index in [0.717, 1.165) is 18.9 Å². The van der Waals surface area contributed by atoms with Gasteiger partial charge >= 0.3 is 0 Å². The summed E-state index contributed by atoms with van der Waals surface area (Å²) in [6.07, 6.45) is 3.51. The molecule has 90 valence electrons. The van der Waals surface area contributed by atoms with E-state index in [1.54, 1.807) is 0 Å². The van der Waals surface area contributed by atoms with Gasteiger partial charge < -0.3 is 15.3 Å². The van der Waals surface area contributed by atoms with Gasteiger partial charge in [-0.05, 0) is 58.3 Å². The molecule has 0 amide bonds. The van der Waals surface area contributed by atoms with E-state index in [0.29, 0.717) is 12.6 Å². The zero-order chi connectivity index (χ0) is 11.1. The molecule has 0 aromatic carbocycles. The Kier molecular flexibility index (Phi) is 6.22. The van der Waals surface area contributed by atoms with Gasteiger partial charge in [0, 0.05) is 12.6 Å². The molecule has 3 heteroatoms. The second-order valence-electron chi connectivity index (χ2n) is 4.59. The van der Waals surface area contributed by atoms with Crippen LogP contribution in [0.5, 0.6) is 0 Å². The molecule has 0 radical (unpaired) electrons. The number of likely N-dealkylation sites (tertiary alicyclic amines) is 1. The van der Waals surface area contributed by atoms with E-state index in [1.807, 2.05) is 0 Å². The molecule has 15 heavy (non-hydrogen) atoms. The number of aliphatic hydroxyl groups is 1. The molecule has 0 aromatic heterocycles. The van der Waals surface area contributed by atoms with Gasteiger partial charge in [-0.3, -0.25) is 0 Å². The Morgan fingerprint density at radius 2 is 2.07 bits per heavy atom. The van der Waals surface area contributed by atoms with Gasteiger partial charge in [-0.2, -0.15) is 0 Å². The molecule has 3 nitrogen and oxygen atoms in total. The topological polar surface area (TPSA) is 35.5 Å². The molecule has 0 spiro atoms. The Morgan fingerprint density at radius 3 is 2.60 bits per heavy atom. The first kappa shape index (κ1) is 12.9. The van der Waals surface area contributed by atoms with Gasteiger partial charge in [0.2, 0.25) is 0 Å². The fourth-order valence-corrected chi connectivity index (χ4v) is 2.34. The Bertz CT molecular complexity index is 156. The molecule has 0 aromatic rings. The van der Waals surface area contributed by atoms with E-state index in [-0.39, 0.29) is 0 Å². The summed E-state index contributed by atoms with van der Waals surface area (Å²) in [5.74, 6) is 0.825. The molecule has 1 aliphatic rings. The number of hydrogen-bond donors (Lipinski definition) is 2. The molecule has 0 aliphatic carbocycles. The smallest absolute Gasteiger partial charge is 0.0443 e. The van der Waals surface area contributed by atoms with Crippen molar-refractivity contribution in [1.82, 2.24) is 10.2 Å². The molecular formula is C12H26N2O. The predicted octanol–water partition coefficient (Wildman–Crippen LogP) is 1.08. The normalized spacial score (nSPS) is 21.8. The zero-order valence-corrected chi connectivity index (χ0v) is 10.2. The highest BCUT2D eigenvalue weighted by atomic mass is 16.3. The summed E-state index contributed by atoms with van der Waals surface area (Å²) in [6.45, 7) is 9.48. The molecule has 1 unspecified atom stereocenters. The van der Waals surface area contributed by atoms with Crippen LogP contribution in [0.3, 0.4) is 0 Å². The van der Waals surface area contributed by atoms with E-state index in [4.69, 9.17) is 5.11 Å². The molecule has 0 saturated carbocycles. The summed E-state index contributed by atoms with van der Waals surface area (Å²) >= 11 is 0.